The maximum absolute atomic E-state index is 5.19. The summed E-state index contributed by atoms with van der Waals surface area (Å²) in [5.74, 6) is 2.22. The van der Waals surface area contributed by atoms with E-state index < -0.39 is 0 Å². The van der Waals surface area contributed by atoms with Crippen LogP contribution >= 0.6 is 0 Å². The average molecular weight is 331 g/mol. The first-order valence-electron chi connectivity index (χ1n) is 7.93. The molecule has 1 N–H and O–H groups in total. The van der Waals surface area contributed by atoms with Crippen LogP contribution in [0.15, 0.2) is 60.8 Å². The zero-order valence-electron chi connectivity index (χ0n) is 14.0. The summed E-state index contributed by atoms with van der Waals surface area (Å²) in [6, 6.07) is 17.6. The monoisotopic (exact) mass is 331 g/mol. The molecule has 6 nitrogen and oxygen atoms in total. The van der Waals surface area contributed by atoms with Crippen LogP contribution in [0, 0.1) is 6.92 Å². The molecule has 6 heteroatoms. The highest BCUT2D eigenvalue weighted by molar-refractivity contribution is 5.89. The minimum atomic E-state index is 0.682. The van der Waals surface area contributed by atoms with Gasteiger partial charge in [-0.05, 0) is 43.3 Å². The van der Waals surface area contributed by atoms with Gasteiger partial charge in [0.2, 0.25) is 0 Å². The topological polar surface area (TPSA) is 64.9 Å². The molecule has 0 saturated carbocycles. The van der Waals surface area contributed by atoms with Crippen LogP contribution in [-0.4, -0.2) is 26.9 Å². The van der Waals surface area contributed by atoms with Gasteiger partial charge in [0.05, 0.1) is 24.4 Å². The van der Waals surface area contributed by atoms with E-state index in [4.69, 9.17) is 4.74 Å². The standard InChI is InChI=1S/C19H17N5O/c1-13-21-18(23-14-8-10-16(25-2)11-9-14)17-12-20-24(19(17)22-13)15-6-4-3-5-7-15/h3-12H,1-2H3,(H,21,22,23). The number of methoxy groups -OCH3 is 1. The van der Waals surface area contributed by atoms with E-state index in [1.807, 2.05) is 66.2 Å². The number of fused-ring (bicyclic) bond motifs is 1. The first-order chi connectivity index (χ1) is 12.2. The third kappa shape index (κ3) is 2.89. The molecule has 0 bridgehead atoms. The Morgan fingerprint density at radius 2 is 1.72 bits per heavy atom. The summed E-state index contributed by atoms with van der Waals surface area (Å²) in [5, 5.41) is 8.70. The molecule has 124 valence electrons. The number of rotatable bonds is 4. The molecule has 0 unspecified atom stereocenters. The lowest BCUT2D eigenvalue weighted by atomic mass is 10.3. The van der Waals surface area contributed by atoms with Crippen LogP contribution in [-0.2, 0) is 0 Å². The molecule has 0 aliphatic carbocycles. The Hall–Kier alpha value is -3.41. The van der Waals surface area contributed by atoms with Crippen LogP contribution in [0.3, 0.4) is 0 Å². The molecule has 0 atom stereocenters. The Balaban J connectivity index is 1.78. The second-order valence-corrected chi connectivity index (χ2v) is 5.60. The van der Waals surface area contributed by atoms with Crippen LogP contribution in [0.25, 0.3) is 16.7 Å². The van der Waals surface area contributed by atoms with Gasteiger partial charge in [-0.1, -0.05) is 18.2 Å². The van der Waals surface area contributed by atoms with Crippen molar-refractivity contribution < 1.29 is 4.74 Å². The number of anilines is 2. The van der Waals surface area contributed by atoms with Gasteiger partial charge in [0.25, 0.3) is 0 Å². The Bertz CT molecular complexity index is 1010. The number of hydrogen-bond acceptors (Lipinski definition) is 5. The molecular weight excluding hydrogens is 314 g/mol. The van der Waals surface area contributed by atoms with Gasteiger partial charge in [-0.15, -0.1) is 0 Å². The zero-order valence-corrected chi connectivity index (χ0v) is 14.0. The first-order valence-corrected chi connectivity index (χ1v) is 7.93. The summed E-state index contributed by atoms with van der Waals surface area (Å²) in [6.07, 6.45) is 1.79. The van der Waals surface area contributed by atoms with Crippen LogP contribution in [0.5, 0.6) is 5.75 Å². The lowest BCUT2D eigenvalue weighted by Gasteiger charge is -2.09. The summed E-state index contributed by atoms with van der Waals surface area (Å²) in [4.78, 5) is 9.11. The van der Waals surface area contributed by atoms with Crippen molar-refractivity contribution in [3.05, 3.63) is 66.6 Å². The van der Waals surface area contributed by atoms with Gasteiger partial charge in [0.15, 0.2) is 5.65 Å². The van der Waals surface area contributed by atoms with Gasteiger partial charge < -0.3 is 10.1 Å². The molecule has 0 radical (unpaired) electrons. The fraction of sp³-hybridized carbons (Fsp3) is 0.105. The summed E-state index contributed by atoms with van der Waals surface area (Å²) in [5.41, 5.74) is 2.66. The van der Waals surface area contributed by atoms with Gasteiger partial charge in [0.1, 0.15) is 17.4 Å². The Kier molecular flexibility index (Phi) is 3.78. The van der Waals surface area contributed by atoms with E-state index in [1.165, 1.54) is 0 Å². The Labute approximate surface area is 145 Å². The number of nitrogens with zero attached hydrogens (tertiary/aromatic N) is 4. The third-order valence-electron chi connectivity index (χ3n) is 3.89. The largest absolute Gasteiger partial charge is 0.497 e. The molecule has 2 aromatic carbocycles. The predicted octanol–water partition coefficient (Wildman–Crippen LogP) is 3.88. The fourth-order valence-electron chi connectivity index (χ4n) is 2.68. The van der Waals surface area contributed by atoms with E-state index in [0.29, 0.717) is 5.82 Å². The molecule has 2 heterocycles. The molecule has 0 fully saturated rings. The molecule has 0 saturated heterocycles. The second-order valence-electron chi connectivity index (χ2n) is 5.60. The number of aryl methyl sites for hydroxylation is 1. The van der Waals surface area contributed by atoms with Crippen molar-refractivity contribution in [3.63, 3.8) is 0 Å². The quantitative estimate of drug-likeness (QED) is 0.615. The smallest absolute Gasteiger partial charge is 0.168 e. The van der Waals surface area contributed by atoms with Gasteiger partial charge in [0, 0.05) is 5.69 Å². The number of benzene rings is 2. The lowest BCUT2D eigenvalue weighted by molar-refractivity contribution is 0.415. The molecular formula is C19H17N5O. The van der Waals surface area contributed by atoms with E-state index in [0.717, 1.165) is 34.0 Å². The van der Waals surface area contributed by atoms with Crippen LogP contribution in [0.1, 0.15) is 5.82 Å². The molecule has 25 heavy (non-hydrogen) atoms. The first kappa shape index (κ1) is 15.1. The van der Waals surface area contributed by atoms with Crippen molar-refractivity contribution in [2.75, 3.05) is 12.4 Å². The number of para-hydroxylation sites is 1. The molecule has 0 aliphatic heterocycles. The minimum Gasteiger partial charge on any atom is -0.497 e. The molecule has 0 spiro atoms. The van der Waals surface area contributed by atoms with E-state index in [1.54, 1.807) is 13.3 Å². The summed E-state index contributed by atoms with van der Waals surface area (Å²) >= 11 is 0. The molecule has 2 aromatic heterocycles. The van der Waals surface area contributed by atoms with Crippen LogP contribution < -0.4 is 10.1 Å². The fourth-order valence-corrected chi connectivity index (χ4v) is 2.68. The highest BCUT2D eigenvalue weighted by atomic mass is 16.5. The Morgan fingerprint density at radius 1 is 0.960 bits per heavy atom. The summed E-state index contributed by atoms with van der Waals surface area (Å²) in [7, 11) is 1.65. The zero-order chi connectivity index (χ0) is 17.2. The van der Waals surface area contributed by atoms with Crippen molar-refractivity contribution in [2.45, 2.75) is 6.92 Å². The maximum Gasteiger partial charge on any atom is 0.168 e. The van der Waals surface area contributed by atoms with Gasteiger partial charge >= 0.3 is 0 Å². The van der Waals surface area contributed by atoms with Crippen molar-refractivity contribution >= 4 is 22.5 Å². The minimum absolute atomic E-state index is 0.682. The molecule has 4 aromatic rings. The summed E-state index contributed by atoms with van der Waals surface area (Å²) < 4.78 is 7.02. The van der Waals surface area contributed by atoms with Crippen LogP contribution in [0.4, 0.5) is 11.5 Å². The highest BCUT2D eigenvalue weighted by Crippen LogP contribution is 2.26. The third-order valence-corrected chi connectivity index (χ3v) is 3.89. The normalized spacial score (nSPS) is 10.8. The van der Waals surface area contributed by atoms with Gasteiger partial charge in [-0.3, -0.25) is 0 Å². The highest BCUT2D eigenvalue weighted by Gasteiger charge is 2.13. The van der Waals surface area contributed by atoms with Gasteiger partial charge in [-0.25, -0.2) is 14.6 Å². The molecule has 4 rings (SSSR count). The van der Waals surface area contributed by atoms with Crippen molar-refractivity contribution in [3.8, 4) is 11.4 Å². The van der Waals surface area contributed by atoms with Crippen molar-refractivity contribution in [1.82, 2.24) is 19.7 Å². The predicted molar refractivity (Wildman–Crippen MR) is 97.7 cm³/mol. The van der Waals surface area contributed by atoms with E-state index in [-0.39, 0.29) is 0 Å². The number of aromatic nitrogens is 4. The SMILES string of the molecule is COc1ccc(Nc2nc(C)nc3c2cnn3-c2ccccc2)cc1. The molecule has 0 amide bonds. The lowest BCUT2D eigenvalue weighted by Crippen LogP contribution is -2.02. The maximum atomic E-state index is 5.19. The summed E-state index contributed by atoms with van der Waals surface area (Å²) in [6.45, 7) is 1.88. The number of ether oxygens (including phenoxy) is 1. The van der Waals surface area contributed by atoms with Crippen molar-refractivity contribution in [1.29, 1.82) is 0 Å². The second kappa shape index (κ2) is 6.24. The number of hydrogen-bond donors (Lipinski definition) is 1. The van der Waals surface area contributed by atoms with Crippen molar-refractivity contribution in [2.24, 2.45) is 0 Å². The van der Waals surface area contributed by atoms with Gasteiger partial charge in [-0.2, -0.15) is 5.10 Å². The Morgan fingerprint density at radius 3 is 2.44 bits per heavy atom. The molecule has 0 aliphatic rings. The van der Waals surface area contributed by atoms with Crippen LogP contribution in [0.2, 0.25) is 0 Å². The number of nitrogens with one attached hydrogen (secondary N) is 1. The van der Waals surface area contributed by atoms with E-state index in [9.17, 15) is 0 Å². The average Bonchev–Trinajstić information content (AvgIpc) is 3.07. The van der Waals surface area contributed by atoms with E-state index >= 15 is 0 Å². The van der Waals surface area contributed by atoms with E-state index in [2.05, 4.69) is 20.4 Å².